The second-order valence-corrected chi connectivity index (χ2v) is 1.61. The van der Waals surface area contributed by atoms with E-state index >= 15 is 0 Å². The van der Waals surface area contributed by atoms with Crippen LogP contribution in [0, 0.1) is 0 Å². The monoisotopic (exact) mass is 148 g/mol. The molecule has 0 aliphatic heterocycles. The van der Waals surface area contributed by atoms with E-state index in [1.165, 1.54) is 7.11 Å². The van der Waals surface area contributed by atoms with Crippen molar-refractivity contribution in [3.63, 3.8) is 0 Å². The molecule has 0 spiro atoms. The minimum absolute atomic E-state index is 0.165. The highest BCUT2D eigenvalue weighted by Crippen LogP contribution is 1.95. The lowest BCUT2D eigenvalue weighted by Gasteiger charge is -1.87. The first-order chi connectivity index (χ1) is 4.20. The predicted molar refractivity (Wildman–Crippen MR) is 32.0 cm³/mol. The molecule has 9 heavy (non-hydrogen) atoms. The summed E-state index contributed by atoms with van der Waals surface area (Å²) in [4.78, 5) is 20.0. The molecule has 0 heterocycles. The molecule has 0 fully saturated rings. The van der Waals surface area contributed by atoms with Gasteiger partial charge < -0.3 is 4.74 Å². The number of rotatable bonds is 2. The van der Waals surface area contributed by atoms with Gasteiger partial charge in [-0.15, -0.1) is 0 Å². The van der Waals surface area contributed by atoms with E-state index in [-0.39, 0.29) is 5.03 Å². The maximum atomic E-state index is 10.2. The Morgan fingerprint density at radius 2 is 2.22 bits per heavy atom. The van der Waals surface area contributed by atoms with Gasteiger partial charge in [0.05, 0.1) is 12.1 Å². The molecular formula is C5H5ClO3. The van der Waals surface area contributed by atoms with Gasteiger partial charge in [-0.25, -0.2) is 4.79 Å². The molecule has 0 amide bonds. The van der Waals surface area contributed by atoms with Crippen LogP contribution >= 0.6 is 11.6 Å². The number of halogens is 1. The Bertz CT molecular complexity index is 150. The SMILES string of the molecule is COC(=O)/C=C(\Cl)C=O. The maximum Gasteiger partial charge on any atom is 0.332 e. The molecule has 50 valence electrons. The third-order valence-electron chi connectivity index (χ3n) is 0.570. The number of esters is 1. The van der Waals surface area contributed by atoms with E-state index in [0.717, 1.165) is 6.08 Å². The quantitative estimate of drug-likeness (QED) is 0.325. The van der Waals surface area contributed by atoms with Crippen LogP contribution < -0.4 is 0 Å². The fraction of sp³-hybridized carbons (Fsp3) is 0.200. The minimum Gasteiger partial charge on any atom is -0.466 e. The summed E-state index contributed by atoms with van der Waals surface area (Å²) in [6.45, 7) is 0. The summed E-state index contributed by atoms with van der Waals surface area (Å²) < 4.78 is 4.16. The van der Waals surface area contributed by atoms with Gasteiger partial charge in [-0.1, -0.05) is 11.6 Å². The van der Waals surface area contributed by atoms with Crippen LogP contribution in [0.25, 0.3) is 0 Å². The number of aldehydes is 1. The lowest BCUT2D eigenvalue weighted by atomic mass is 10.5. The van der Waals surface area contributed by atoms with Crippen molar-refractivity contribution in [3.05, 3.63) is 11.1 Å². The van der Waals surface area contributed by atoms with Gasteiger partial charge in [-0.3, -0.25) is 4.79 Å². The summed E-state index contributed by atoms with van der Waals surface area (Å²) in [6.07, 6.45) is 1.26. The average Bonchev–Trinajstić information content (AvgIpc) is 1.87. The van der Waals surface area contributed by atoms with Gasteiger partial charge in [0.1, 0.15) is 0 Å². The van der Waals surface area contributed by atoms with Gasteiger partial charge in [0, 0.05) is 6.08 Å². The lowest BCUT2D eigenvalue weighted by molar-refractivity contribution is -0.135. The molecule has 0 radical (unpaired) electrons. The molecule has 0 unspecified atom stereocenters. The Morgan fingerprint density at radius 3 is 2.56 bits per heavy atom. The Balaban J connectivity index is 3.94. The zero-order valence-electron chi connectivity index (χ0n) is 4.76. The van der Waals surface area contributed by atoms with Crippen molar-refractivity contribution < 1.29 is 14.3 Å². The van der Waals surface area contributed by atoms with E-state index in [9.17, 15) is 9.59 Å². The van der Waals surface area contributed by atoms with Gasteiger partial charge >= 0.3 is 5.97 Å². The van der Waals surface area contributed by atoms with Crippen molar-refractivity contribution in [1.82, 2.24) is 0 Å². The third kappa shape index (κ3) is 3.73. The van der Waals surface area contributed by atoms with Crippen molar-refractivity contribution in [1.29, 1.82) is 0 Å². The molecule has 0 aromatic carbocycles. The van der Waals surface area contributed by atoms with Crippen molar-refractivity contribution in [2.75, 3.05) is 7.11 Å². The second kappa shape index (κ2) is 4.09. The summed E-state index contributed by atoms with van der Waals surface area (Å²) in [5.74, 6) is -0.632. The highest BCUT2D eigenvalue weighted by atomic mass is 35.5. The zero-order valence-corrected chi connectivity index (χ0v) is 5.51. The van der Waals surface area contributed by atoms with Crippen LogP contribution in [-0.4, -0.2) is 19.4 Å². The first-order valence-corrected chi connectivity index (χ1v) is 2.49. The molecule has 0 rings (SSSR count). The topological polar surface area (TPSA) is 43.4 Å². The number of ether oxygens (including phenoxy) is 1. The molecule has 0 aromatic heterocycles. The van der Waals surface area contributed by atoms with Crippen molar-refractivity contribution >= 4 is 23.9 Å². The molecule has 3 nitrogen and oxygen atoms in total. The van der Waals surface area contributed by atoms with Crippen LogP contribution in [0.3, 0.4) is 0 Å². The fourth-order valence-corrected chi connectivity index (χ4v) is 0.295. The normalized spacial score (nSPS) is 10.7. The van der Waals surface area contributed by atoms with E-state index in [2.05, 4.69) is 4.74 Å². The Kier molecular flexibility index (Phi) is 3.71. The van der Waals surface area contributed by atoms with E-state index in [1.54, 1.807) is 0 Å². The first kappa shape index (κ1) is 8.17. The van der Waals surface area contributed by atoms with Crippen molar-refractivity contribution in [3.8, 4) is 0 Å². The molecule has 0 atom stereocenters. The van der Waals surface area contributed by atoms with Gasteiger partial charge in [0.25, 0.3) is 0 Å². The summed E-state index contributed by atoms with van der Waals surface area (Å²) in [5.41, 5.74) is 0. The van der Waals surface area contributed by atoms with E-state index in [1.807, 2.05) is 0 Å². The summed E-state index contributed by atoms with van der Waals surface area (Å²) in [7, 11) is 1.20. The summed E-state index contributed by atoms with van der Waals surface area (Å²) in [5, 5.41) is -0.165. The van der Waals surface area contributed by atoms with Crippen LogP contribution in [0.5, 0.6) is 0 Å². The van der Waals surface area contributed by atoms with Crippen molar-refractivity contribution in [2.45, 2.75) is 0 Å². The number of allylic oxidation sites excluding steroid dienone is 1. The molecule has 0 bridgehead atoms. The maximum absolute atomic E-state index is 10.2. The largest absolute Gasteiger partial charge is 0.466 e. The van der Waals surface area contributed by atoms with Crippen LogP contribution in [0.4, 0.5) is 0 Å². The first-order valence-electron chi connectivity index (χ1n) is 2.11. The zero-order chi connectivity index (χ0) is 7.28. The third-order valence-corrected chi connectivity index (χ3v) is 0.768. The summed E-state index contributed by atoms with van der Waals surface area (Å²) in [6, 6.07) is 0. The molecule has 0 N–H and O–H groups in total. The van der Waals surface area contributed by atoms with Gasteiger partial charge in [0.15, 0.2) is 6.29 Å². The molecule has 4 heteroatoms. The second-order valence-electron chi connectivity index (χ2n) is 1.17. The van der Waals surface area contributed by atoms with Crippen LogP contribution in [0.2, 0.25) is 0 Å². The molecule has 0 aliphatic rings. The van der Waals surface area contributed by atoms with Gasteiger partial charge in [0.2, 0.25) is 0 Å². The Labute approximate surface area is 57.2 Å². The van der Waals surface area contributed by atoms with Crippen LogP contribution in [-0.2, 0) is 14.3 Å². The van der Waals surface area contributed by atoms with Crippen LogP contribution in [0.15, 0.2) is 11.1 Å². The lowest BCUT2D eigenvalue weighted by Crippen LogP contribution is -1.95. The van der Waals surface area contributed by atoms with Gasteiger partial charge in [-0.05, 0) is 0 Å². The van der Waals surface area contributed by atoms with E-state index in [0.29, 0.717) is 6.29 Å². The summed E-state index contributed by atoms with van der Waals surface area (Å²) >= 11 is 5.13. The Morgan fingerprint density at radius 1 is 1.67 bits per heavy atom. The van der Waals surface area contributed by atoms with Crippen molar-refractivity contribution in [2.24, 2.45) is 0 Å². The number of hydrogen-bond acceptors (Lipinski definition) is 3. The number of carbonyl (C=O) groups is 2. The number of methoxy groups -OCH3 is 1. The molecular weight excluding hydrogens is 144 g/mol. The smallest absolute Gasteiger partial charge is 0.332 e. The van der Waals surface area contributed by atoms with Gasteiger partial charge in [-0.2, -0.15) is 0 Å². The average molecular weight is 149 g/mol. The molecule has 0 aromatic rings. The molecule has 0 saturated heterocycles. The van der Waals surface area contributed by atoms with Crippen LogP contribution in [0.1, 0.15) is 0 Å². The Hall–Kier alpha value is -0.830. The number of carbonyl (C=O) groups excluding carboxylic acids is 2. The van der Waals surface area contributed by atoms with E-state index < -0.39 is 5.97 Å². The van der Waals surface area contributed by atoms with E-state index in [4.69, 9.17) is 11.6 Å². The minimum atomic E-state index is -0.632. The highest BCUT2D eigenvalue weighted by molar-refractivity contribution is 6.39. The molecule has 0 aliphatic carbocycles. The molecule has 0 saturated carbocycles. The highest BCUT2D eigenvalue weighted by Gasteiger charge is 1.94. The standard InChI is InChI=1S/C5H5ClO3/c1-9-5(8)2-4(6)3-7/h2-3H,1H3/b4-2-. The predicted octanol–water partition coefficient (Wildman–Crippen LogP) is 0.481. The fourth-order valence-electron chi connectivity index (χ4n) is 0.206. The number of hydrogen-bond donors (Lipinski definition) is 0.